The number of phenolic OH excluding ortho intramolecular Hbond substituents is 1. The highest BCUT2D eigenvalue weighted by atomic mass is 16.3. The molecule has 2 heterocycles. The van der Waals surface area contributed by atoms with Crippen LogP contribution in [0.25, 0.3) is 0 Å². The van der Waals surface area contributed by atoms with Crippen molar-refractivity contribution in [1.29, 1.82) is 0 Å². The Bertz CT molecular complexity index is 1290. The van der Waals surface area contributed by atoms with Crippen LogP contribution < -0.4 is 5.56 Å². The minimum Gasteiger partial charge on any atom is -0.508 e. The van der Waals surface area contributed by atoms with Crippen LogP contribution in [-0.2, 0) is 24.7 Å². The van der Waals surface area contributed by atoms with Gasteiger partial charge in [0.2, 0.25) is 0 Å². The Labute approximate surface area is 219 Å². The SMILES string of the molecule is CN(C(=O)c1cc2c([nH]c1=O)CC13CCN(CC4CC4)[C@H](Cc4ccc(O)cc41)[C@@H]3C2)C1CCCCC1. The number of carbonyl (C=O) groups is 1. The van der Waals surface area contributed by atoms with E-state index in [1.807, 2.05) is 30.1 Å². The van der Waals surface area contributed by atoms with Crippen LogP contribution in [-0.4, -0.2) is 58.0 Å². The maximum Gasteiger partial charge on any atom is 0.261 e. The number of aromatic nitrogens is 1. The molecule has 3 atom stereocenters. The molecule has 37 heavy (non-hydrogen) atoms. The highest BCUT2D eigenvalue weighted by Crippen LogP contribution is 2.55. The molecule has 7 rings (SSSR count). The number of H-pyrrole nitrogens is 1. The second kappa shape index (κ2) is 8.72. The Hall–Kier alpha value is -2.60. The summed E-state index contributed by atoms with van der Waals surface area (Å²) in [5.74, 6) is 1.47. The molecule has 6 heteroatoms. The summed E-state index contributed by atoms with van der Waals surface area (Å²) < 4.78 is 0. The largest absolute Gasteiger partial charge is 0.508 e. The number of nitrogens with zero attached hydrogens (tertiary/aromatic N) is 2. The molecule has 1 aliphatic heterocycles. The molecule has 2 saturated carbocycles. The predicted octanol–water partition coefficient (Wildman–Crippen LogP) is 4.18. The van der Waals surface area contributed by atoms with E-state index >= 15 is 0 Å². The lowest BCUT2D eigenvalue weighted by Gasteiger charge is -2.59. The Morgan fingerprint density at radius 2 is 1.92 bits per heavy atom. The maximum absolute atomic E-state index is 13.5. The van der Waals surface area contributed by atoms with Crippen LogP contribution in [0.15, 0.2) is 29.1 Å². The molecule has 2 aromatic rings. The van der Waals surface area contributed by atoms with Gasteiger partial charge in [-0.1, -0.05) is 25.3 Å². The van der Waals surface area contributed by atoms with Crippen molar-refractivity contribution in [2.75, 3.05) is 20.1 Å². The van der Waals surface area contributed by atoms with Crippen molar-refractivity contribution in [2.45, 2.75) is 88.1 Å². The minimum absolute atomic E-state index is 0.0720. The summed E-state index contributed by atoms with van der Waals surface area (Å²) in [6.07, 6.45) is 12.0. The van der Waals surface area contributed by atoms with Gasteiger partial charge in [0, 0.05) is 36.8 Å². The van der Waals surface area contributed by atoms with E-state index < -0.39 is 0 Å². The van der Waals surface area contributed by atoms with Crippen molar-refractivity contribution >= 4 is 5.91 Å². The normalized spacial score (nSPS) is 29.2. The van der Waals surface area contributed by atoms with Gasteiger partial charge in [0.15, 0.2) is 0 Å². The summed E-state index contributed by atoms with van der Waals surface area (Å²) in [4.78, 5) is 34.5. The van der Waals surface area contributed by atoms with Crippen LogP contribution in [0.4, 0.5) is 0 Å². The number of phenols is 1. The average molecular weight is 502 g/mol. The highest BCUT2D eigenvalue weighted by Gasteiger charge is 2.55. The fourth-order valence-electron chi connectivity index (χ4n) is 8.35. The lowest BCUT2D eigenvalue weighted by Crippen LogP contribution is -2.63. The highest BCUT2D eigenvalue weighted by molar-refractivity contribution is 5.94. The summed E-state index contributed by atoms with van der Waals surface area (Å²) in [5, 5.41) is 10.4. The molecule has 4 aliphatic carbocycles. The van der Waals surface area contributed by atoms with Crippen molar-refractivity contribution in [3.05, 3.63) is 62.6 Å². The standard InChI is InChI=1S/C31H39N3O3/c1-33(22-5-3-2-4-6-22)30(37)24-13-21-14-26-28-15-20-9-10-23(35)16-25(20)31(26,17-27(21)32-29(24)36)11-12-34(28)18-19-7-8-19/h9-10,13,16,19,22,26,28,35H,2-8,11-12,14-15,17-18H2,1H3,(H,32,36)/t26-,28+,31?/m0/s1. The van der Waals surface area contributed by atoms with Crippen molar-refractivity contribution in [2.24, 2.45) is 11.8 Å². The van der Waals surface area contributed by atoms with Gasteiger partial charge in [-0.05, 0) is 105 Å². The summed E-state index contributed by atoms with van der Waals surface area (Å²) in [5.41, 5.74) is 4.74. The summed E-state index contributed by atoms with van der Waals surface area (Å²) in [6, 6.07) is 8.58. The fraction of sp³-hybridized carbons (Fsp3) is 0.613. The van der Waals surface area contributed by atoms with E-state index in [1.54, 1.807) is 0 Å². The number of benzene rings is 1. The van der Waals surface area contributed by atoms with E-state index in [4.69, 9.17) is 0 Å². The van der Waals surface area contributed by atoms with Crippen LogP contribution >= 0.6 is 0 Å². The number of rotatable bonds is 4. The second-order valence-corrected chi connectivity index (χ2v) is 12.7. The quantitative estimate of drug-likeness (QED) is 0.659. The molecule has 0 spiro atoms. The minimum atomic E-state index is -0.254. The van der Waals surface area contributed by atoms with Gasteiger partial charge in [0.1, 0.15) is 11.3 Å². The second-order valence-electron chi connectivity index (χ2n) is 12.7. The number of hydrogen-bond donors (Lipinski definition) is 2. The number of aromatic hydroxyl groups is 1. The van der Waals surface area contributed by atoms with Gasteiger partial charge >= 0.3 is 0 Å². The van der Waals surface area contributed by atoms with Crippen LogP contribution in [0.5, 0.6) is 5.75 Å². The van der Waals surface area contributed by atoms with Crippen LogP contribution in [0.2, 0.25) is 0 Å². The van der Waals surface area contributed by atoms with E-state index in [0.717, 1.165) is 75.1 Å². The van der Waals surface area contributed by atoms with Crippen LogP contribution in [0, 0.1) is 11.8 Å². The fourth-order valence-corrected chi connectivity index (χ4v) is 8.35. The molecule has 3 fully saturated rings. The smallest absolute Gasteiger partial charge is 0.261 e. The van der Waals surface area contributed by atoms with Crippen molar-refractivity contribution in [3.63, 3.8) is 0 Å². The number of aromatic amines is 1. The maximum atomic E-state index is 13.5. The molecule has 5 aliphatic rings. The molecule has 1 aromatic heterocycles. The van der Waals surface area contributed by atoms with Gasteiger partial charge in [-0.3, -0.25) is 14.5 Å². The van der Waals surface area contributed by atoms with Crippen molar-refractivity contribution < 1.29 is 9.90 Å². The molecule has 0 radical (unpaired) electrons. The molecular weight excluding hydrogens is 462 g/mol. The molecule has 1 saturated heterocycles. The molecule has 1 unspecified atom stereocenters. The third-order valence-corrected chi connectivity index (χ3v) is 10.6. The number of hydrogen-bond acceptors (Lipinski definition) is 4. The Morgan fingerprint density at radius 1 is 1.11 bits per heavy atom. The number of piperidine rings is 1. The molecule has 1 amide bonds. The van der Waals surface area contributed by atoms with Gasteiger partial charge in [0.25, 0.3) is 11.5 Å². The molecule has 2 N–H and O–H groups in total. The van der Waals surface area contributed by atoms with Gasteiger partial charge in [-0.2, -0.15) is 0 Å². The number of nitrogens with one attached hydrogen (secondary N) is 1. The number of likely N-dealkylation sites (tertiary alicyclic amines) is 1. The third kappa shape index (κ3) is 3.86. The lowest BCUT2D eigenvalue weighted by atomic mass is 9.52. The van der Waals surface area contributed by atoms with Crippen molar-refractivity contribution in [3.8, 4) is 5.75 Å². The summed E-state index contributed by atoms with van der Waals surface area (Å²) in [7, 11) is 1.87. The first-order chi connectivity index (χ1) is 17.9. The molecular formula is C31H39N3O3. The Kier molecular flexibility index (Phi) is 5.54. The first kappa shape index (κ1) is 23.5. The third-order valence-electron chi connectivity index (χ3n) is 10.6. The monoisotopic (exact) mass is 501 g/mol. The topological polar surface area (TPSA) is 76.6 Å². The Balaban J connectivity index is 1.26. The number of pyridine rings is 1. The van der Waals surface area contributed by atoms with Gasteiger partial charge in [-0.25, -0.2) is 0 Å². The first-order valence-corrected chi connectivity index (χ1v) is 14.5. The molecule has 2 bridgehead atoms. The molecule has 196 valence electrons. The summed E-state index contributed by atoms with van der Waals surface area (Å²) in [6.45, 7) is 2.27. The van der Waals surface area contributed by atoms with Crippen LogP contribution in [0.1, 0.15) is 84.1 Å². The zero-order chi connectivity index (χ0) is 25.3. The predicted molar refractivity (Wildman–Crippen MR) is 143 cm³/mol. The lowest BCUT2D eigenvalue weighted by molar-refractivity contribution is 0.00457. The van der Waals surface area contributed by atoms with Crippen molar-refractivity contribution in [1.82, 2.24) is 14.8 Å². The zero-order valence-corrected chi connectivity index (χ0v) is 22.0. The number of fused-ring (bicyclic) bond motifs is 2. The van der Waals surface area contributed by atoms with Gasteiger partial charge in [-0.15, -0.1) is 0 Å². The first-order valence-electron chi connectivity index (χ1n) is 14.5. The van der Waals surface area contributed by atoms with E-state index in [-0.39, 0.29) is 22.9 Å². The van der Waals surface area contributed by atoms with E-state index in [0.29, 0.717) is 23.3 Å². The molecule has 1 aromatic carbocycles. The zero-order valence-electron chi connectivity index (χ0n) is 22.0. The average Bonchev–Trinajstić information content (AvgIpc) is 3.73. The number of carbonyl (C=O) groups excluding carboxylic acids is 1. The van der Waals surface area contributed by atoms with Crippen LogP contribution in [0.3, 0.4) is 0 Å². The van der Waals surface area contributed by atoms with E-state index in [2.05, 4.69) is 16.0 Å². The number of amides is 1. The van der Waals surface area contributed by atoms with Gasteiger partial charge < -0.3 is 15.0 Å². The Morgan fingerprint density at radius 3 is 2.70 bits per heavy atom. The summed E-state index contributed by atoms with van der Waals surface area (Å²) >= 11 is 0. The van der Waals surface area contributed by atoms with E-state index in [1.165, 1.54) is 36.9 Å². The van der Waals surface area contributed by atoms with E-state index in [9.17, 15) is 14.7 Å². The van der Waals surface area contributed by atoms with Gasteiger partial charge in [0.05, 0.1) is 0 Å². The molecule has 6 nitrogen and oxygen atoms in total.